The Balaban J connectivity index is 1.75. The zero-order valence-electron chi connectivity index (χ0n) is 16.3. The molecule has 5 nitrogen and oxygen atoms in total. The fraction of sp³-hybridized carbons (Fsp3) is 0.217. The van der Waals surface area contributed by atoms with Crippen molar-refractivity contribution in [2.75, 3.05) is 6.61 Å². The molecule has 0 spiro atoms. The van der Waals surface area contributed by atoms with E-state index in [-0.39, 0.29) is 5.56 Å². The van der Waals surface area contributed by atoms with E-state index in [4.69, 9.17) is 9.84 Å². The predicted octanol–water partition coefficient (Wildman–Crippen LogP) is 4.81. The van der Waals surface area contributed by atoms with Crippen LogP contribution < -0.4 is 4.74 Å². The number of rotatable bonds is 7. The van der Waals surface area contributed by atoms with Crippen LogP contribution in [0.1, 0.15) is 39.8 Å². The number of hydrogen-bond donors (Lipinski definition) is 1. The highest BCUT2D eigenvalue weighted by atomic mass is 16.5. The van der Waals surface area contributed by atoms with Crippen LogP contribution in [0.25, 0.3) is 5.69 Å². The highest BCUT2D eigenvalue weighted by Crippen LogP contribution is 2.22. The van der Waals surface area contributed by atoms with Crippen LogP contribution in [0, 0.1) is 13.8 Å². The standard InChI is InChI=1S/C23H24N2O3/c1-4-28-22-11-9-21(10-12-22)25-16(2)13-20(17(25)3)15-24-14-18-5-7-19(8-6-18)23(26)27/h5-13,15H,4,14H2,1-3H3,(H,26,27). The molecule has 0 radical (unpaired) electrons. The molecule has 0 fully saturated rings. The maximum absolute atomic E-state index is 10.9. The van der Waals surface area contributed by atoms with Crippen LogP contribution in [0.2, 0.25) is 0 Å². The van der Waals surface area contributed by atoms with Gasteiger partial charge < -0.3 is 14.4 Å². The molecule has 0 aliphatic rings. The molecule has 1 aromatic heterocycles. The van der Waals surface area contributed by atoms with E-state index in [1.807, 2.05) is 25.3 Å². The van der Waals surface area contributed by atoms with Crippen molar-refractivity contribution in [1.82, 2.24) is 4.57 Å². The fourth-order valence-electron chi connectivity index (χ4n) is 3.18. The van der Waals surface area contributed by atoms with E-state index in [1.54, 1.807) is 24.3 Å². The molecule has 5 heteroatoms. The van der Waals surface area contributed by atoms with E-state index < -0.39 is 5.97 Å². The number of carboxylic acids is 1. The second kappa shape index (κ2) is 8.57. The molecule has 0 saturated carbocycles. The predicted molar refractivity (Wildman–Crippen MR) is 111 cm³/mol. The second-order valence-electron chi connectivity index (χ2n) is 6.56. The number of ether oxygens (including phenoxy) is 1. The molecular weight excluding hydrogens is 352 g/mol. The highest BCUT2D eigenvalue weighted by molar-refractivity contribution is 5.87. The van der Waals surface area contributed by atoms with Gasteiger partial charge in [-0.2, -0.15) is 0 Å². The third-order valence-electron chi connectivity index (χ3n) is 4.58. The lowest BCUT2D eigenvalue weighted by Crippen LogP contribution is -2.00. The number of hydrogen-bond acceptors (Lipinski definition) is 3. The van der Waals surface area contributed by atoms with Gasteiger partial charge in [-0.25, -0.2) is 4.79 Å². The van der Waals surface area contributed by atoms with Crippen molar-refractivity contribution in [2.24, 2.45) is 4.99 Å². The lowest BCUT2D eigenvalue weighted by Gasteiger charge is -2.11. The van der Waals surface area contributed by atoms with Gasteiger partial charge in [-0.15, -0.1) is 0 Å². The molecule has 0 aliphatic carbocycles. The van der Waals surface area contributed by atoms with Gasteiger partial charge in [-0.3, -0.25) is 4.99 Å². The minimum Gasteiger partial charge on any atom is -0.494 e. The highest BCUT2D eigenvalue weighted by Gasteiger charge is 2.09. The van der Waals surface area contributed by atoms with E-state index >= 15 is 0 Å². The van der Waals surface area contributed by atoms with Crippen LogP contribution in [0.4, 0.5) is 0 Å². The first-order valence-corrected chi connectivity index (χ1v) is 9.24. The van der Waals surface area contributed by atoms with Crippen molar-refractivity contribution >= 4 is 12.2 Å². The van der Waals surface area contributed by atoms with E-state index in [2.05, 4.69) is 41.6 Å². The summed E-state index contributed by atoms with van der Waals surface area (Å²) in [6.45, 7) is 7.28. The maximum atomic E-state index is 10.9. The second-order valence-corrected chi connectivity index (χ2v) is 6.56. The zero-order valence-corrected chi connectivity index (χ0v) is 16.3. The molecule has 144 valence electrons. The minimum atomic E-state index is -0.920. The van der Waals surface area contributed by atoms with Crippen molar-refractivity contribution in [3.05, 3.63) is 82.7 Å². The summed E-state index contributed by atoms with van der Waals surface area (Å²) in [6, 6.07) is 17.0. The first kappa shape index (κ1) is 19.4. The van der Waals surface area contributed by atoms with Gasteiger partial charge in [0.1, 0.15) is 5.75 Å². The smallest absolute Gasteiger partial charge is 0.335 e. The van der Waals surface area contributed by atoms with Crippen molar-refractivity contribution in [2.45, 2.75) is 27.3 Å². The summed E-state index contributed by atoms with van der Waals surface area (Å²) in [5.74, 6) is -0.0544. The third kappa shape index (κ3) is 4.31. The number of carbonyl (C=O) groups is 1. The van der Waals surface area contributed by atoms with Crippen molar-refractivity contribution in [3.8, 4) is 11.4 Å². The average Bonchev–Trinajstić information content (AvgIpc) is 2.97. The molecule has 3 aromatic rings. The normalized spacial score (nSPS) is 11.1. The third-order valence-corrected chi connectivity index (χ3v) is 4.58. The maximum Gasteiger partial charge on any atom is 0.335 e. The molecule has 3 rings (SSSR count). The van der Waals surface area contributed by atoms with Gasteiger partial charge in [-0.05, 0) is 68.8 Å². The SMILES string of the molecule is CCOc1ccc(-n2c(C)cc(C=NCc3ccc(C(=O)O)cc3)c2C)cc1. The molecule has 0 saturated heterocycles. The molecule has 2 aromatic carbocycles. The Morgan fingerprint density at radius 3 is 2.39 bits per heavy atom. The minimum absolute atomic E-state index is 0.284. The summed E-state index contributed by atoms with van der Waals surface area (Å²) >= 11 is 0. The molecule has 0 unspecified atom stereocenters. The number of carboxylic acid groups (broad SMARTS) is 1. The van der Waals surface area contributed by atoms with Gasteiger partial charge in [-0.1, -0.05) is 12.1 Å². The first-order chi connectivity index (χ1) is 13.5. The molecule has 28 heavy (non-hydrogen) atoms. The summed E-state index contributed by atoms with van der Waals surface area (Å²) in [4.78, 5) is 15.4. The lowest BCUT2D eigenvalue weighted by molar-refractivity contribution is 0.0697. The van der Waals surface area contributed by atoms with E-state index in [9.17, 15) is 4.79 Å². The topological polar surface area (TPSA) is 63.8 Å². The van der Waals surface area contributed by atoms with Crippen LogP contribution in [-0.2, 0) is 6.54 Å². The van der Waals surface area contributed by atoms with Gasteiger partial charge in [0.15, 0.2) is 0 Å². The van der Waals surface area contributed by atoms with E-state index in [0.29, 0.717) is 13.2 Å². The molecule has 0 aliphatic heterocycles. The Morgan fingerprint density at radius 2 is 1.79 bits per heavy atom. The summed E-state index contributed by atoms with van der Waals surface area (Å²) in [6.07, 6.45) is 1.87. The van der Waals surface area contributed by atoms with Crippen LogP contribution in [-0.4, -0.2) is 28.5 Å². The van der Waals surface area contributed by atoms with Gasteiger partial charge >= 0.3 is 5.97 Å². The lowest BCUT2D eigenvalue weighted by atomic mass is 10.1. The van der Waals surface area contributed by atoms with Crippen molar-refractivity contribution in [3.63, 3.8) is 0 Å². The van der Waals surface area contributed by atoms with Crippen molar-refractivity contribution in [1.29, 1.82) is 0 Å². The van der Waals surface area contributed by atoms with Crippen LogP contribution in [0.3, 0.4) is 0 Å². The van der Waals surface area contributed by atoms with Gasteiger partial charge in [0, 0.05) is 28.9 Å². The van der Waals surface area contributed by atoms with E-state index in [1.165, 1.54) is 0 Å². The van der Waals surface area contributed by atoms with Crippen LogP contribution in [0.15, 0.2) is 59.6 Å². The Labute approximate surface area is 164 Å². The Bertz CT molecular complexity index is 984. The van der Waals surface area contributed by atoms with E-state index in [0.717, 1.165) is 34.0 Å². The molecule has 0 atom stereocenters. The zero-order chi connectivity index (χ0) is 20.1. The fourth-order valence-corrected chi connectivity index (χ4v) is 3.18. The number of aromatic carboxylic acids is 1. The Morgan fingerprint density at radius 1 is 1.11 bits per heavy atom. The van der Waals surface area contributed by atoms with Crippen molar-refractivity contribution < 1.29 is 14.6 Å². The quantitative estimate of drug-likeness (QED) is 0.602. The largest absolute Gasteiger partial charge is 0.494 e. The monoisotopic (exact) mass is 376 g/mol. The molecular formula is C23H24N2O3. The number of aromatic nitrogens is 1. The van der Waals surface area contributed by atoms with Gasteiger partial charge in [0.05, 0.1) is 18.7 Å². The first-order valence-electron chi connectivity index (χ1n) is 9.24. The number of aryl methyl sites for hydroxylation is 1. The Hall–Kier alpha value is -3.34. The van der Waals surface area contributed by atoms with Gasteiger partial charge in [0.2, 0.25) is 0 Å². The van der Waals surface area contributed by atoms with Gasteiger partial charge in [0.25, 0.3) is 0 Å². The molecule has 1 N–H and O–H groups in total. The number of aliphatic imine (C=N–C) groups is 1. The van der Waals surface area contributed by atoms with Crippen LogP contribution >= 0.6 is 0 Å². The molecule has 0 amide bonds. The summed E-state index contributed by atoms with van der Waals surface area (Å²) in [5.41, 5.74) is 5.66. The van der Waals surface area contributed by atoms with Crippen LogP contribution in [0.5, 0.6) is 5.75 Å². The number of benzene rings is 2. The average molecular weight is 376 g/mol. The number of nitrogens with zero attached hydrogens (tertiary/aromatic N) is 2. The summed E-state index contributed by atoms with van der Waals surface area (Å²) in [5, 5.41) is 8.96. The molecule has 1 heterocycles. The Kier molecular flexibility index (Phi) is 5.94. The summed E-state index contributed by atoms with van der Waals surface area (Å²) < 4.78 is 7.71. The molecule has 0 bridgehead atoms. The summed E-state index contributed by atoms with van der Waals surface area (Å²) in [7, 11) is 0.